The first kappa shape index (κ1) is 17.2. The SMILES string of the molecule is O=C(NCCc1c(Cl)cccc1Cl)c1cn(C2CCNCC2)nn1. The van der Waals surface area contributed by atoms with Crippen LogP contribution in [0.4, 0.5) is 0 Å². The highest BCUT2D eigenvalue weighted by atomic mass is 35.5. The minimum Gasteiger partial charge on any atom is -0.350 e. The molecule has 0 bridgehead atoms. The van der Waals surface area contributed by atoms with Crippen molar-refractivity contribution in [2.75, 3.05) is 19.6 Å². The van der Waals surface area contributed by atoms with Crippen LogP contribution in [0.5, 0.6) is 0 Å². The summed E-state index contributed by atoms with van der Waals surface area (Å²) >= 11 is 12.2. The molecule has 6 nitrogen and oxygen atoms in total. The average molecular weight is 368 g/mol. The van der Waals surface area contributed by atoms with E-state index >= 15 is 0 Å². The molecule has 128 valence electrons. The minimum absolute atomic E-state index is 0.238. The molecule has 0 spiro atoms. The number of benzene rings is 1. The van der Waals surface area contributed by atoms with Gasteiger partial charge in [0.15, 0.2) is 5.69 Å². The van der Waals surface area contributed by atoms with Gasteiger partial charge in [0.1, 0.15) is 0 Å². The van der Waals surface area contributed by atoms with Crippen molar-refractivity contribution in [2.45, 2.75) is 25.3 Å². The number of amides is 1. The van der Waals surface area contributed by atoms with Crippen molar-refractivity contribution in [3.05, 3.63) is 45.7 Å². The summed E-state index contributed by atoms with van der Waals surface area (Å²) in [6, 6.07) is 5.68. The Hall–Kier alpha value is -1.63. The van der Waals surface area contributed by atoms with Gasteiger partial charge in [-0.25, -0.2) is 4.68 Å². The second kappa shape index (κ2) is 7.96. The molecule has 0 atom stereocenters. The maximum absolute atomic E-state index is 12.2. The second-order valence-electron chi connectivity index (χ2n) is 5.77. The lowest BCUT2D eigenvalue weighted by atomic mass is 10.1. The predicted octanol–water partition coefficient (Wildman–Crippen LogP) is 2.48. The molecule has 24 heavy (non-hydrogen) atoms. The van der Waals surface area contributed by atoms with Gasteiger partial charge in [-0.3, -0.25) is 4.79 Å². The molecule has 3 rings (SSSR count). The number of hydrogen-bond donors (Lipinski definition) is 2. The van der Waals surface area contributed by atoms with E-state index in [4.69, 9.17) is 23.2 Å². The molecule has 1 amide bonds. The summed E-state index contributed by atoms with van der Waals surface area (Å²) < 4.78 is 1.79. The Morgan fingerprint density at radius 1 is 1.29 bits per heavy atom. The molecule has 1 aliphatic heterocycles. The zero-order chi connectivity index (χ0) is 16.9. The molecular weight excluding hydrogens is 349 g/mol. The van der Waals surface area contributed by atoms with E-state index in [1.807, 2.05) is 0 Å². The largest absolute Gasteiger partial charge is 0.350 e. The van der Waals surface area contributed by atoms with Gasteiger partial charge in [0.25, 0.3) is 5.91 Å². The molecule has 1 saturated heterocycles. The van der Waals surface area contributed by atoms with Crippen molar-refractivity contribution < 1.29 is 4.79 Å². The third-order valence-electron chi connectivity index (χ3n) is 4.15. The lowest BCUT2D eigenvalue weighted by Gasteiger charge is -2.22. The molecular formula is C16H19Cl2N5O. The van der Waals surface area contributed by atoms with Crippen LogP contribution in [0, 0.1) is 0 Å². The highest BCUT2D eigenvalue weighted by Gasteiger charge is 2.18. The maximum Gasteiger partial charge on any atom is 0.273 e. The number of nitrogens with zero attached hydrogens (tertiary/aromatic N) is 3. The summed E-state index contributed by atoms with van der Waals surface area (Å²) in [6.07, 6.45) is 4.27. The van der Waals surface area contributed by atoms with Gasteiger partial charge in [-0.05, 0) is 50.0 Å². The van der Waals surface area contributed by atoms with Gasteiger partial charge in [-0.1, -0.05) is 34.5 Å². The number of halogens is 2. The molecule has 2 N–H and O–H groups in total. The zero-order valence-electron chi connectivity index (χ0n) is 13.1. The molecule has 0 unspecified atom stereocenters. The van der Waals surface area contributed by atoms with E-state index in [9.17, 15) is 4.79 Å². The van der Waals surface area contributed by atoms with Gasteiger partial charge in [-0.15, -0.1) is 5.10 Å². The smallest absolute Gasteiger partial charge is 0.273 e. The van der Waals surface area contributed by atoms with E-state index in [-0.39, 0.29) is 5.91 Å². The summed E-state index contributed by atoms with van der Waals surface area (Å²) in [7, 11) is 0. The molecule has 1 aliphatic rings. The first-order valence-corrected chi connectivity index (χ1v) is 8.74. The van der Waals surface area contributed by atoms with Crippen LogP contribution in [-0.4, -0.2) is 40.5 Å². The Morgan fingerprint density at radius 3 is 2.71 bits per heavy atom. The fourth-order valence-corrected chi connectivity index (χ4v) is 3.38. The summed E-state index contributed by atoms with van der Waals surface area (Å²) in [6.45, 7) is 2.36. The second-order valence-corrected chi connectivity index (χ2v) is 6.59. The summed E-state index contributed by atoms with van der Waals surface area (Å²) in [5, 5.41) is 15.4. The molecule has 0 radical (unpaired) electrons. The minimum atomic E-state index is -0.238. The number of hydrogen-bond acceptors (Lipinski definition) is 4. The van der Waals surface area contributed by atoms with Crippen LogP contribution in [-0.2, 0) is 6.42 Å². The first-order valence-electron chi connectivity index (χ1n) is 7.99. The number of piperidine rings is 1. The Morgan fingerprint density at radius 2 is 2.00 bits per heavy atom. The topological polar surface area (TPSA) is 71.8 Å². The van der Waals surface area contributed by atoms with Crippen LogP contribution < -0.4 is 10.6 Å². The average Bonchev–Trinajstić information content (AvgIpc) is 3.08. The summed E-state index contributed by atoms with van der Waals surface area (Å²) in [5.41, 5.74) is 1.17. The number of aromatic nitrogens is 3. The quantitative estimate of drug-likeness (QED) is 0.851. The molecule has 1 fully saturated rings. The van der Waals surface area contributed by atoms with Gasteiger partial charge >= 0.3 is 0 Å². The van der Waals surface area contributed by atoms with E-state index in [1.165, 1.54) is 0 Å². The van der Waals surface area contributed by atoms with Crippen LogP contribution in [0.25, 0.3) is 0 Å². The number of rotatable bonds is 5. The van der Waals surface area contributed by atoms with Gasteiger partial charge < -0.3 is 10.6 Å². The van der Waals surface area contributed by atoms with Gasteiger partial charge in [0, 0.05) is 16.6 Å². The maximum atomic E-state index is 12.2. The van der Waals surface area contributed by atoms with E-state index in [2.05, 4.69) is 20.9 Å². The molecule has 1 aromatic heterocycles. The summed E-state index contributed by atoms with van der Waals surface area (Å²) in [4.78, 5) is 12.2. The number of carbonyl (C=O) groups excluding carboxylic acids is 1. The van der Waals surface area contributed by atoms with E-state index < -0.39 is 0 Å². The van der Waals surface area contributed by atoms with Gasteiger partial charge in [-0.2, -0.15) is 0 Å². The Bertz CT molecular complexity index is 692. The number of nitrogens with one attached hydrogen (secondary N) is 2. The lowest BCUT2D eigenvalue weighted by molar-refractivity contribution is 0.0949. The van der Waals surface area contributed by atoms with Crippen LogP contribution in [0.3, 0.4) is 0 Å². The molecule has 2 aromatic rings. The first-order chi connectivity index (χ1) is 11.6. The van der Waals surface area contributed by atoms with Gasteiger partial charge in [0.2, 0.25) is 0 Å². The number of carbonyl (C=O) groups is 1. The van der Waals surface area contributed by atoms with E-state index in [0.717, 1.165) is 31.5 Å². The van der Waals surface area contributed by atoms with Crippen LogP contribution >= 0.6 is 23.2 Å². The van der Waals surface area contributed by atoms with Crippen molar-refractivity contribution >= 4 is 29.1 Å². The van der Waals surface area contributed by atoms with Crippen molar-refractivity contribution in [1.29, 1.82) is 0 Å². The van der Waals surface area contributed by atoms with Crippen molar-refractivity contribution in [3.8, 4) is 0 Å². The van der Waals surface area contributed by atoms with Gasteiger partial charge in [0.05, 0.1) is 12.2 Å². The summed E-state index contributed by atoms with van der Waals surface area (Å²) in [5.74, 6) is -0.238. The molecule has 0 saturated carbocycles. The predicted molar refractivity (Wildman–Crippen MR) is 93.7 cm³/mol. The van der Waals surface area contributed by atoms with E-state index in [0.29, 0.717) is 34.7 Å². The third-order valence-corrected chi connectivity index (χ3v) is 4.86. The lowest BCUT2D eigenvalue weighted by Crippen LogP contribution is -2.29. The molecule has 0 aliphatic carbocycles. The Kier molecular flexibility index (Phi) is 5.71. The monoisotopic (exact) mass is 367 g/mol. The third kappa shape index (κ3) is 4.06. The molecule has 1 aromatic carbocycles. The zero-order valence-corrected chi connectivity index (χ0v) is 14.6. The highest BCUT2D eigenvalue weighted by molar-refractivity contribution is 6.36. The molecule has 2 heterocycles. The van der Waals surface area contributed by atoms with E-state index in [1.54, 1.807) is 29.1 Å². The Balaban J connectivity index is 1.54. The van der Waals surface area contributed by atoms with Crippen LogP contribution in [0.15, 0.2) is 24.4 Å². The fraction of sp³-hybridized carbons (Fsp3) is 0.438. The Labute approximate surface area is 150 Å². The van der Waals surface area contributed by atoms with Crippen molar-refractivity contribution in [1.82, 2.24) is 25.6 Å². The standard InChI is InChI=1S/C16H19Cl2N5O/c17-13-2-1-3-14(18)12(13)6-9-20-16(24)15-10-23(22-21-15)11-4-7-19-8-5-11/h1-3,10-11,19H,4-9H2,(H,20,24). The van der Waals surface area contributed by atoms with Crippen LogP contribution in [0.2, 0.25) is 10.0 Å². The van der Waals surface area contributed by atoms with Crippen molar-refractivity contribution in [3.63, 3.8) is 0 Å². The normalized spacial score (nSPS) is 15.4. The highest BCUT2D eigenvalue weighted by Crippen LogP contribution is 2.24. The van der Waals surface area contributed by atoms with Crippen LogP contribution in [0.1, 0.15) is 34.9 Å². The molecule has 8 heteroatoms. The fourth-order valence-electron chi connectivity index (χ4n) is 2.79. The van der Waals surface area contributed by atoms with Crippen molar-refractivity contribution in [2.24, 2.45) is 0 Å².